The van der Waals surface area contributed by atoms with E-state index >= 15 is 0 Å². The fraction of sp³-hybridized carbons (Fsp3) is 0.327. The highest BCUT2D eigenvalue weighted by molar-refractivity contribution is 6.31. The number of rotatable bonds is 9. The van der Waals surface area contributed by atoms with E-state index in [-0.39, 0.29) is 82.6 Å². The molecule has 0 radical (unpaired) electrons. The lowest BCUT2D eigenvalue weighted by Gasteiger charge is -2.21. The number of alkyl carbamates (subject to hydrolysis) is 1. The number of hydrogen-bond acceptors (Lipinski definition) is 10. The van der Waals surface area contributed by atoms with Gasteiger partial charge in [-0.1, -0.05) is 23.2 Å². The molecule has 0 bridgehead atoms. The first kappa shape index (κ1) is 54.6. The van der Waals surface area contributed by atoms with Crippen LogP contribution in [0, 0.1) is 23.3 Å². The SMILES string of the molecule is CN1C(=O)CC[C@H]1COC(=O)N[C@H]1CCc2c(C(=O)Nc3ccc(F)c(Cl)c3)ccc(F)c21.CN1C(=O)CC[C@H]1COC(=O)n1ccnc1.Cl.N[C@H]1CCc2c(C(=O)Nc3ccc(F)c(Cl)c3)ccc(F)c21. The highest BCUT2D eigenvalue weighted by atomic mass is 35.5. The minimum Gasteiger partial charge on any atom is -0.447 e. The van der Waals surface area contributed by atoms with E-state index in [9.17, 15) is 46.3 Å². The van der Waals surface area contributed by atoms with Crippen molar-refractivity contribution in [1.29, 1.82) is 0 Å². The van der Waals surface area contributed by atoms with E-state index in [1.165, 1.54) is 77.9 Å². The van der Waals surface area contributed by atoms with Gasteiger partial charge in [0.15, 0.2) is 0 Å². The fourth-order valence-electron chi connectivity index (χ4n) is 8.66. The van der Waals surface area contributed by atoms with Gasteiger partial charge in [0, 0.05) is 79.0 Å². The molecule has 0 unspecified atom stereocenters. The average Bonchev–Trinajstić information content (AvgIpc) is 4.21. The molecule has 23 heteroatoms. The van der Waals surface area contributed by atoms with Crippen LogP contribution >= 0.6 is 35.6 Å². The number of nitrogens with zero attached hydrogens (tertiary/aromatic N) is 4. The zero-order valence-corrected chi connectivity index (χ0v) is 41.0. The molecule has 5 N–H and O–H groups in total. The molecule has 2 aliphatic heterocycles. The summed E-state index contributed by atoms with van der Waals surface area (Å²) in [5, 5.41) is 7.72. The lowest BCUT2D eigenvalue weighted by molar-refractivity contribution is -0.128. The molecule has 4 aliphatic rings. The van der Waals surface area contributed by atoms with Crippen molar-refractivity contribution in [2.45, 2.75) is 75.5 Å². The Labute approximate surface area is 426 Å². The maximum Gasteiger partial charge on any atom is 0.419 e. The quantitative estimate of drug-likeness (QED) is 0.103. The van der Waals surface area contributed by atoms with Crippen molar-refractivity contribution in [1.82, 2.24) is 24.7 Å². The van der Waals surface area contributed by atoms with E-state index in [4.69, 9.17) is 38.4 Å². The van der Waals surface area contributed by atoms with Gasteiger partial charge in [-0.3, -0.25) is 19.2 Å². The van der Waals surface area contributed by atoms with Crippen molar-refractivity contribution in [3.8, 4) is 0 Å². The third-order valence-electron chi connectivity index (χ3n) is 12.6. The standard InChI is InChI=1S/C23H22ClF2N3O4.C16H13ClF2N2O.C10H13N3O3.ClH/c1-29-13(3-9-20(29)30)11-33-23(32)28-19-8-5-14-15(4-7-18(26)21(14)19)22(31)27-12-2-6-17(25)16(24)10-12;17-11-7-8(1-4-12(11)18)21-16(22)10-2-5-13(19)15-9(10)3-6-14(15)20;1-12-8(2-3-9(12)14)6-16-10(15)13-5-4-11-7-13;/h2,4,6-7,10,13,19H,3,5,8-9,11H2,1H3,(H,27,31)(H,28,32);1-2,4-5,7,14H,3,6,20H2,(H,21,22);4-5,7-8H,2-3,6H2,1H3;1H/t13-,19-;14-;8-;/m000./s1. The molecule has 0 spiro atoms. The number of nitrogens with one attached hydrogen (secondary N) is 3. The van der Waals surface area contributed by atoms with Gasteiger partial charge < -0.3 is 41.0 Å². The number of likely N-dealkylation sites (N-methyl/N-ethyl adjacent to an activating group) is 2. The summed E-state index contributed by atoms with van der Waals surface area (Å²) in [4.78, 5) is 78.7. The Hall–Kier alpha value is -6.74. The van der Waals surface area contributed by atoms with Gasteiger partial charge in [0.1, 0.15) is 42.8 Å². The molecular formula is C49H49Cl3F4N8O8. The number of imidazole rings is 1. The van der Waals surface area contributed by atoms with Crippen LogP contribution in [0.5, 0.6) is 0 Å². The molecule has 5 aromatic rings. The molecule has 382 valence electrons. The Morgan fingerprint density at radius 2 is 1.17 bits per heavy atom. The van der Waals surface area contributed by atoms with Crippen LogP contribution in [0.15, 0.2) is 79.4 Å². The summed E-state index contributed by atoms with van der Waals surface area (Å²) in [5.41, 5.74) is 8.97. The van der Waals surface area contributed by atoms with Crippen molar-refractivity contribution in [2.24, 2.45) is 5.73 Å². The van der Waals surface area contributed by atoms with E-state index in [2.05, 4.69) is 20.9 Å². The number of nitrogens with two attached hydrogens (primary N) is 1. The summed E-state index contributed by atoms with van der Waals surface area (Å²) in [7, 11) is 3.39. The summed E-state index contributed by atoms with van der Waals surface area (Å²) in [6, 6.07) is 11.7. The van der Waals surface area contributed by atoms with E-state index < -0.39 is 47.5 Å². The van der Waals surface area contributed by atoms with Crippen LogP contribution in [0.3, 0.4) is 0 Å². The highest BCUT2D eigenvalue weighted by Gasteiger charge is 2.34. The van der Waals surface area contributed by atoms with Gasteiger partial charge in [0.05, 0.1) is 28.2 Å². The summed E-state index contributed by atoms with van der Waals surface area (Å²) in [5.74, 6) is -2.87. The number of anilines is 2. The molecule has 1 aromatic heterocycles. The van der Waals surface area contributed by atoms with Gasteiger partial charge in [0.2, 0.25) is 11.8 Å². The van der Waals surface area contributed by atoms with Gasteiger partial charge in [-0.25, -0.2) is 36.7 Å². The van der Waals surface area contributed by atoms with Crippen molar-refractivity contribution < 1.29 is 55.8 Å². The van der Waals surface area contributed by atoms with Crippen molar-refractivity contribution in [3.63, 3.8) is 0 Å². The summed E-state index contributed by atoms with van der Waals surface area (Å²) < 4.78 is 66.6. The second-order valence-corrected chi connectivity index (χ2v) is 17.9. The zero-order valence-electron chi connectivity index (χ0n) is 38.7. The zero-order chi connectivity index (χ0) is 51.1. The predicted molar refractivity (Wildman–Crippen MR) is 260 cm³/mol. The maximum absolute atomic E-state index is 14.7. The molecule has 2 aliphatic carbocycles. The molecule has 0 saturated carbocycles. The topological polar surface area (TPSA) is 207 Å². The Kier molecular flexibility index (Phi) is 18.3. The van der Waals surface area contributed by atoms with E-state index in [0.29, 0.717) is 78.6 Å². The number of likely N-dealkylation sites (tertiary alicyclic amines) is 2. The average molecular weight is 1060 g/mol. The van der Waals surface area contributed by atoms with E-state index in [0.717, 1.165) is 12.5 Å². The van der Waals surface area contributed by atoms with Crippen molar-refractivity contribution >= 4 is 82.8 Å². The Morgan fingerprint density at radius 3 is 1.65 bits per heavy atom. The number of ether oxygens (including phenoxy) is 2. The minimum absolute atomic E-state index is 0. The van der Waals surface area contributed by atoms with E-state index in [1.807, 2.05) is 0 Å². The molecule has 9 rings (SSSR count). The van der Waals surface area contributed by atoms with Crippen molar-refractivity contribution in [2.75, 3.05) is 37.9 Å². The summed E-state index contributed by atoms with van der Waals surface area (Å²) in [6.45, 7) is 0.290. The number of hydrogen-bond donors (Lipinski definition) is 4. The van der Waals surface area contributed by atoms with Crippen LogP contribution in [0.2, 0.25) is 10.0 Å². The number of carbonyl (C=O) groups is 6. The molecule has 4 aromatic carbocycles. The van der Waals surface area contributed by atoms with Gasteiger partial charge in [-0.2, -0.15) is 0 Å². The first-order valence-electron chi connectivity index (χ1n) is 22.4. The Balaban J connectivity index is 0.000000188. The van der Waals surface area contributed by atoms with Crippen LogP contribution in [-0.2, 0) is 31.9 Å². The third kappa shape index (κ3) is 12.8. The predicted octanol–water partition coefficient (Wildman–Crippen LogP) is 8.93. The fourth-order valence-corrected chi connectivity index (χ4v) is 9.02. The minimum atomic E-state index is -0.712. The second-order valence-electron chi connectivity index (χ2n) is 17.1. The van der Waals surface area contributed by atoms with Crippen LogP contribution in [0.1, 0.15) is 93.6 Å². The number of aromatic nitrogens is 2. The number of fused-ring (bicyclic) bond motifs is 2. The Morgan fingerprint density at radius 1 is 0.681 bits per heavy atom. The van der Waals surface area contributed by atoms with Gasteiger partial charge in [0.25, 0.3) is 11.8 Å². The number of benzene rings is 4. The molecule has 72 heavy (non-hydrogen) atoms. The molecule has 2 saturated heterocycles. The summed E-state index contributed by atoms with van der Waals surface area (Å²) >= 11 is 11.4. The van der Waals surface area contributed by atoms with Crippen LogP contribution in [-0.4, -0.2) is 94.6 Å². The van der Waals surface area contributed by atoms with Gasteiger partial charge in [-0.05, 0) is 110 Å². The number of carbonyl (C=O) groups excluding carboxylic acids is 6. The van der Waals surface area contributed by atoms with Crippen LogP contribution in [0.4, 0.5) is 38.5 Å². The molecule has 5 amide bonds. The van der Waals surface area contributed by atoms with Crippen LogP contribution in [0.25, 0.3) is 0 Å². The van der Waals surface area contributed by atoms with Crippen molar-refractivity contribution in [3.05, 3.63) is 146 Å². The molecule has 4 atom stereocenters. The lowest BCUT2D eigenvalue weighted by Crippen LogP contribution is -2.36. The largest absolute Gasteiger partial charge is 0.447 e. The molecular weight excluding hydrogens is 1010 g/mol. The van der Waals surface area contributed by atoms with Gasteiger partial charge in [-0.15, -0.1) is 12.4 Å². The first-order chi connectivity index (χ1) is 33.9. The normalized spacial score (nSPS) is 18.4. The van der Waals surface area contributed by atoms with Crippen LogP contribution < -0.4 is 21.7 Å². The maximum atomic E-state index is 14.7. The third-order valence-corrected chi connectivity index (χ3v) is 13.2. The second kappa shape index (κ2) is 24.1. The number of halogens is 7. The van der Waals surface area contributed by atoms with E-state index in [1.54, 1.807) is 23.9 Å². The molecule has 2 fully saturated rings. The molecule has 3 heterocycles. The summed E-state index contributed by atoms with van der Waals surface area (Å²) in [6.07, 6.45) is 7.48. The lowest BCUT2D eigenvalue weighted by atomic mass is 10.0. The monoisotopic (exact) mass is 1060 g/mol. The van der Waals surface area contributed by atoms with Gasteiger partial charge >= 0.3 is 12.2 Å². The molecule has 16 nitrogen and oxygen atoms in total. The first-order valence-corrected chi connectivity index (χ1v) is 23.2. The number of amides is 5. The Bertz CT molecular complexity index is 2860. The highest BCUT2D eigenvalue weighted by Crippen LogP contribution is 2.37. The smallest absolute Gasteiger partial charge is 0.419 e.